The molecular formula is C30H29N3O6. The van der Waals surface area contributed by atoms with Crippen molar-refractivity contribution in [3.63, 3.8) is 0 Å². The summed E-state index contributed by atoms with van der Waals surface area (Å²) in [6.45, 7) is 5.66. The van der Waals surface area contributed by atoms with Gasteiger partial charge < -0.3 is 19.5 Å². The first-order valence-corrected chi connectivity index (χ1v) is 12.6. The van der Waals surface area contributed by atoms with Crippen LogP contribution in [0.1, 0.15) is 39.5 Å². The predicted molar refractivity (Wildman–Crippen MR) is 146 cm³/mol. The normalized spacial score (nSPS) is 11.7. The number of nitrogens with one attached hydrogen (secondary N) is 1. The molecule has 1 amide bonds. The van der Waals surface area contributed by atoms with Gasteiger partial charge in [-0.25, -0.2) is 14.2 Å². The van der Waals surface area contributed by atoms with E-state index in [1.165, 1.54) is 4.68 Å². The van der Waals surface area contributed by atoms with Gasteiger partial charge in [0.05, 0.1) is 30.5 Å². The number of ether oxygens (including phenoxy) is 3. The third-order valence-electron chi connectivity index (χ3n) is 6.56. The number of anilines is 1. The van der Waals surface area contributed by atoms with E-state index in [1.54, 1.807) is 49.0 Å². The molecule has 39 heavy (non-hydrogen) atoms. The van der Waals surface area contributed by atoms with Crippen molar-refractivity contribution in [3.05, 3.63) is 98.8 Å². The SMILES string of the molecule is CCOC(=O)c1cccc(NC(=O)Cn2c3c(c(=O)n2-c2ccc(C)cc2C)Cc2cccc(OC)c2O3)c1. The van der Waals surface area contributed by atoms with Crippen molar-refractivity contribution in [1.82, 2.24) is 9.36 Å². The summed E-state index contributed by atoms with van der Waals surface area (Å²) in [5.41, 5.74) is 4.36. The summed E-state index contributed by atoms with van der Waals surface area (Å²) in [6, 6.07) is 17.8. The Morgan fingerprint density at radius 2 is 1.85 bits per heavy atom. The standard InChI is InChI=1S/C30H29N3O6/c1-5-38-30(36)21-9-6-10-22(15-21)31-26(34)17-32-29-23(16-20-8-7-11-25(37-4)27(20)39-29)28(35)33(32)24-13-12-18(2)14-19(24)3/h6-15H,5,16-17H2,1-4H3,(H,31,34). The molecule has 0 bridgehead atoms. The number of benzene rings is 3. The van der Waals surface area contributed by atoms with Crippen LogP contribution in [-0.4, -0.2) is 35.0 Å². The molecule has 0 spiro atoms. The van der Waals surface area contributed by atoms with Gasteiger partial charge in [0.25, 0.3) is 5.56 Å². The van der Waals surface area contributed by atoms with E-state index in [4.69, 9.17) is 14.2 Å². The molecule has 1 aliphatic rings. The number of methoxy groups -OCH3 is 1. The monoisotopic (exact) mass is 527 g/mol. The highest BCUT2D eigenvalue weighted by Gasteiger charge is 2.31. The zero-order chi connectivity index (χ0) is 27.7. The molecule has 9 heteroatoms. The van der Waals surface area contributed by atoms with Crippen LogP contribution >= 0.6 is 0 Å². The number of aromatic nitrogens is 2. The second-order valence-electron chi connectivity index (χ2n) is 9.33. The van der Waals surface area contributed by atoms with Gasteiger partial charge in [0.15, 0.2) is 11.5 Å². The average molecular weight is 528 g/mol. The maximum atomic E-state index is 13.8. The predicted octanol–water partition coefficient (Wildman–Crippen LogP) is 4.78. The molecule has 1 aromatic heterocycles. The Labute approximate surface area is 225 Å². The van der Waals surface area contributed by atoms with Gasteiger partial charge in [0.2, 0.25) is 11.8 Å². The van der Waals surface area contributed by atoms with Gasteiger partial charge in [-0.15, -0.1) is 0 Å². The summed E-state index contributed by atoms with van der Waals surface area (Å²) < 4.78 is 19.9. The largest absolute Gasteiger partial charge is 0.493 e. The maximum absolute atomic E-state index is 13.8. The third-order valence-corrected chi connectivity index (χ3v) is 6.56. The number of fused-ring (bicyclic) bond motifs is 2. The fourth-order valence-corrected chi connectivity index (χ4v) is 4.81. The van der Waals surface area contributed by atoms with E-state index < -0.39 is 11.9 Å². The van der Waals surface area contributed by atoms with Crippen molar-refractivity contribution in [2.75, 3.05) is 19.0 Å². The highest BCUT2D eigenvalue weighted by Crippen LogP contribution is 2.42. The maximum Gasteiger partial charge on any atom is 0.338 e. The molecule has 0 fully saturated rings. The Balaban J connectivity index is 1.56. The Bertz CT molecular complexity index is 1650. The van der Waals surface area contributed by atoms with E-state index in [0.717, 1.165) is 16.7 Å². The molecule has 0 unspecified atom stereocenters. The molecule has 1 aliphatic heterocycles. The van der Waals surface area contributed by atoms with Crippen molar-refractivity contribution in [1.29, 1.82) is 0 Å². The summed E-state index contributed by atoms with van der Waals surface area (Å²) in [6.07, 6.45) is 0.335. The lowest BCUT2D eigenvalue weighted by Gasteiger charge is -2.21. The molecule has 0 saturated heterocycles. The number of amides is 1. The van der Waals surface area contributed by atoms with Crippen molar-refractivity contribution >= 4 is 17.6 Å². The van der Waals surface area contributed by atoms with E-state index in [1.807, 2.05) is 44.2 Å². The van der Waals surface area contributed by atoms with E-state index in [0.29, 0.717) is 40.4 Å². The first kappa shape index (κ1) is 25.8. The van der Waals surface area contributed by atoms with Crippen LogP contribution in [0, 0.1) is 13.8 Å². The number of para-hydroxylation sites is 1. The van der Waals surface area contributed by atoms with Gasteiger partial charge in [-0.05, 0) is 56.7 Å². The number of nitrogens with zero attached hydrogens (tertiary/aromatic N) is 2. The fourth-order valence-electron chi connectivity index (χ4n) is 4.81. The third kappa shape index (κ3) is 4.90. The van der Waals surface area contributed by atoms with Crippen LogP contribution in [0.4, 0.5) is 5.69 Å². The topological polar surface area (TPSA) is 101 Å². The lowest BCUT2D eigenvalue weighted by Crippen LogP contribution is -2.28. The minimum Gasteiger partial charge on any atom is -0.493 e. The van der Waals surface area contributed by atoms with Crippen LogP contribution in [-0.2, 0) is 22.5 Å². The van der Waals surface area contributed by atoms with Gasteiger partial charge in [-0.1, -0.05) is 35.9 Å². The second kappa shape index (κ2) is 10.5. The lowest BCUT2D eigenvalue weighted by molar-refractivity contribution is -0.117. The smallest absolute Gasteiger partial charge is 0.338 e. The summed E-state index contributed by atoms with van der Waals surface area (Å²) in [5.74, 6) is 0.463. The molecule has 4 aromatic rings. The number of aryl methyl sites for hydroxylation is 2. The minimum absolute atomic E-state index is 0.216. The van der Waals surface area contributed by atoms with Gasteiger partial charge in [-0.2, -0.15) is 0 Å². The van der Waals surface area contributed by atoms with E-state index >= 15 is 0 Å². The van der Waals surface area contributed by atoms with Crippen LogP contribution in [0.25, 0.3) is 5.69 Å². The molecule has 1 N–H and O–H groups in total. The summed E-state index contributed by atoms with van der Waals surface area (Å²) in [4.78, 5) is 39.3. The van der Waals surface area contributed by atoms with Crippen LogP contribution in [0.5, 0.6) is 17.4 Å². The number of esters is 1. The average Bonchev–Trinajstić information content (AvgIpc) is 3.17. The molecule has 0 radical (unpaired) electrons. The first-order chi connectivity index (χ1) is 18.8. The zero-order valence-corrected chi connectivity index (χ0v) is 22.2. The van der Waals surface area contributed by atoms with Crippen LogP contribution in [0.3, 0.4) is 0 Å². The summed E-state index contributed by atoms with van der Waals surface area (Å²) >= 11 is 0. The molecule has 5 rings (SSSR count). The van der Waals surface area contributed by atoms with Gasteiger partial charge in [0, 0.05) is 17.7 Å². The van der Waals surface area contributed by atoms with Gasteiger partial charge >= 0.3 is 5.97 Å². The van der Waals surface area contributed by atoms with Crippen molar-refractivity contribution in [2.45, 2.75) is 33.7 Å². The fraction of sp³-hybridized carbons (Fsp3) is 0.233. The van der Waals surface area contributed by atoms with Crippen molar-refractivity contribution < 1.29 is 23.8 Å². The Kier molecular flexibility index (Phi) is 6.98. The van der Waals surface area contributed by atoms with Gasteiger partial charge in [0.1, 0.15) is 6.54 Å². The number of carbonyl (C=O) groups is 2. The lowest BCUT2D eigenvalue weighted by atomic mass is 10.0. The molecule has 9 nitrogen and oxygen atoms in total. The molecule has 0 saturated carbocycles. The molecular weight excluding hydrogens is 498 g/mol. The number of hydrogen-bond acceptors (Lipinski definition) is 6. The number of rotatable bonds is 7. The Morgan fingerprint density at radius 3 is 2.59 bits per heavy atom. The van der Waals surface area contributed by atoms with Crippen LogP contribution in [0.2, 0.25) is 0 Å². The van der Waals surface area contributed by atoms with Crippen molar-refractivity contribution in [3.8, 4) is 23.1 Å². The highest BCUT2D eigenvalue weighted by atomic mass is 16.5. The van der Waals surface area contributed by atoms with Crippen LogP contribution in [0.15, 0.2) is 65.5 Å². The number of carbonyl (C=O) groups excluding carboxylic acids is 2. The van der Waals surface area contributed by atoms with Crippen LogP contribution < -0.4 is 20.3 Å². The minimum atomic E-state index is -0.474. The quantitative estimate of drug-likeness (QED) is 0.306. The molecule has 3 aromatic carbocycles. The van der Waals surface area contributed by atoms with E-state index in [-0.39, 0.29) is 24.6 Å². The summed E-state index contributed by atoms with van der Waals surface area (Å²) in [5, 5.41) is 2.82. The molecule has 0 atom stereocenters. The zero-order valence-electron chi connectivity index (χ0n) is 22.2. The van der Waals surface area contributed by atoms with E-state index in [9.17, 15) is 14.4 Å². The first-order valence-electron chi connectivity index (χ1n) is 12.6. The van der Waals surface area contributed by atoms with E-state index in [2.05, 4.69) is 5.32 Å². The van der Waals surface area contributed by atoms with Gasteiger partial charge in [-0.3, -0.25) is 9.59 Å². The number of hydrogen-bond donors (Lipinski definition) is 1. The Morgan fingerprint density at radius 1 is 1.05 bits per heavy atom. The molecule has 200 valence electrons. The van der Waals surface area contributed by atoms with Crippen molar-refractivity contribution in [2.24, 2.45) is 0 Å². The molecule has 2 heterocycles. The highest BCUT2D eigenvalue weighted by molar-refractivity contribution is 5.94. The Hall–Kier alpha value is -4.79. The second-order valence-corrected chi connectivity index (χ2v) is 9.33. The molecule has 0 aliphatic carbocycles. The summed E-state index contributed by atoms with van der Waals surface area (Å²) in [7, 11) is 1.56.